The van der Waals surface area contributed by atoms with E-state index in [1.807, 2.05) is 0 Å². The summed E-state index contributed by atoms with van der Waals surface area (Å²) in [6.07, 6.45) is 2.25. The predicted molar refractivity (Wildman–Crippen MR) is 76.6 cm³/mol. The highest BCUT2D eigenvalue weighted by Gasteiger charge is 2.24. The molecule has 1 N–H and O–H groups in total. The van der Waals surface area contributed by atoms with Crippen molar-refractivity contribution in [3.63, 3.8) is 0 Å². The molecule has 4 heteroatoms. The van der Waals surface area contributed by atoms with E-state index in [1.54, 1.807) is 7.05 Å². The van der Waals surface area contributed by atoms with Crippen LogP contribution in [-0.2, 0) is 16.0 Å². The second kappa shape index (κ2) is 6.06. The van der Waals surface area contributed by atoms with E-state index in [1.165, 1.54) is 23.9 Å². The first-order valence-corrected chi connectivity index (χ1v) is 6.75. The molecule has 4 nitrogen and oxygen atoms in total. The number of nitrogens with zero attached hydrogens (tertiary/aromatic N) is 1. The van der Waals surface area contributed by atoms with Gasteiger partial charge in [0.1, 0.15) is 6.04 Å². The molecule has 0 spiro atoms. The van der Waals surface area contributed by atoms with Crippen molar-refractivity contribution in [2.75, 3.05) is 32.1 Å². The Labute approximate surface area is 114 Å². The van der Waals surface area contributed by atoms with Crippen LogP contribution in [-0.4, -0.2) is 39.3 Å². The minimum atomic E-state index is -0.280. The number of methoxy groups -OCH3 is 1. The Balaban J connectivity index is 2.17. The molecule has 0 fully saturated rings. The van der Waals surface area contributed by atoms with Crippen molar-refractivity contribution in [2.45, 2.75) is 25.8 Å². The van der Waals surface area contributed by atoms with E-state index in [0.717, 1.165) is 19.4 Å². The van der Waals surface area contributed by atoms with Crippen LogP contribution in [0.15, 0.2) is 18.2 Å². The molecule has 1 aromatic rings. The number of benzene rings is 1. The summed E-state index contributed by atoms with van der Waals surface area (Å²) >= 11 is 0. The van der Waals surface area contributed by atoms with Gasteiger partial charge in [0.2, 0.25) is 0 Å². The van der Waals surface area contributed by atoms with Crippen molar-refractivity contribution in [1.82, 2.24) is 5.32 Å². The quantitative estimate of drug-likeness (QED) is 0.835. The minimum absolute atomic E-state index is 0.207. The monoisotopic (exact) mass is 262 g/mol. The maximum atomic E-state index is 11.7. The standard InChI is InChI=1S/C15H22N2O2/c1-11-6-7-14-12(9-11)5-4-8-17(14)10-13(16-2)15(18)19-3/h6-7,9,13,16H,4-5,8,10H2,1-3H3. The van der Waals surface area contributed by atoms with Crippen LogP contribution in [0.4, 0.5) is 5.69 Å². The Morgan fingerprint density at radius 3 is 3.00 bits per heavy atom. The molecule has 0 aliphatic carbocycles. The molecule has 1 heterocycles. The number of nitrogens with one attached hydrogen (secondary N) is 1. The maximum absolute atomic E-state index is 11.7. The summed E-state index contributed by atoms with van der Waals surface area (Å²) in [5.41, 5.74) is 3.92. The van der Waals surface area contributed by atoms with Crippen LogP contribution < -0.4 is 10.2 Å². The third-order valence-corrected chi connectivity index (χ3v) is 3.69. The molecule has 1 aliphatic heterocycles. The molecule has 19 heavy (non-hydrogen) atoms. The first-order valence-electron chi connectivity index (χ1n) is 6.75. The Morgan fingerprint density at radius 2 is 2.32 bits per heavy atom. The summed E-state index contributed by atoms with van der Waals surface area (Å²) in [5.74, 6) is -0.207. The molecule has 0 saturated heterocycles. The van der Waals surface area contributed by atoms with Gasteiger partial charge < -0.3 is 15.0 Å². The summed E-state index contributed by atoms with van der Waals surface area (Å²) in [6, 6.07) is 6.25. The molecule has 104 valence electrons. The van der Waals surface area contributed by atoms with Gasteiger partial charge in [0.05, 0.1) is 7.11 Å². The molecule has 1 aromatic carbocycles. The van der Waals surface area contributed by atoms with Crippen LogP contribution in [0, 0.1) is 6.92 Å². The fourth-order valence-corrected chi connectivity index (χ4v) is 2.64. The molecule has 1 unspecified atom stereocenters. The lowest BCUT2D eigenvalue weighted by Gasteiger charge is -2.33. The summed E-state index contributed by atoms with van der Waals surface area (Å²) in [5, 5.41) is 3.03. The van der Waals surface area contributed by atoms with Crippen molar-refractivity contribution in [3.05, 3.63) is 29.3 Å². The third-order valence-electron chi connectivity index (χ3n) is 3.69. The Kier molecular flexibility index (Phi) is 4.43. The zero-order valence-electron chi connectivity index (χ0n) is 11.9. The lowest BCUT2D eigenvalue weighted by molar-refractivity contribution is -0.142. The van der Waals surface area contributed by atoms with Gasteiger partial charge in [-0.2, -0.15) is 0 Å². The highest BCUT2D eigenvalue weighted by Crippen LogP contribution is 2.27. The van der Waals surface area contributed by atoms with Crippen molar-refractivity contribution in [2.24, 2.45) is 0 Å². The van der Waals surface area contributed by atoms with Crippen LogP contribution in [0.1, 0.15) is 17.5 Å². The summed E-state index contributed by atoms with van der Waals surface area (Å²) in [4.78, 5) is 13.9. The van der Waals surface area contributed by atoms with Crippen molar-refractivity contribution < 1.29 is 9.53 Å². The summed E-state index contributed by atoms with van der Waals surface area (Å²) in [7, 11) is 3.22. The van der Waals surface area contributed by atoms with Crippen LogP contribution >= 0.6 is 0 Å². The van der Waals surface area contributed by atoms with Crippen LogP contribution in [0.5, 0.6) is 0 Å². The molecule has 0 aromatic heterocycles. The number of rotatable bonds is 4. The predicted octanol–water partition coefficient (Wildman–Crippen LogP) is 1.51. The Morgan fingerprint density at radius 1 is 1.53 bits per heavy atom. The largest absolute Gasteiger partial charge is 0.468 e. The highest BCUT2D eigenvalue weighted by molar-refractivity contribution is 5.76. The van der Waals surface area contributed by atoms with Gasteiger partial charge in [-0.3, -0.25) is 4.79 Å². The lowest BCUT2D eigenvalue weighted by atomic mass is 9.99. The molecular weight excluding hydrogens is 240 g/mol. The van der Waals surface area contributed by atoms with Crippen LogP contribution in [0.2, 0.25) is 0 Å². The van der Waals surface area contributed by atoms with E-state index in [2.05, 4.69) is 35.3 Å². The second-order valence-corrected chi connectivity index (χ2v) is 5.05. The van der Waals surface area contributed by atoms with E-state index in [-0.39, 0.29) is 12.0 Å². The number of hydrogen-bond acceptors (Lipinski definition) is 4. The summed E-state index contributed by atoms with van der Waals surface area (Å²) < 4.78 is 4.82. The smallest absolute Gasteiger partial charge is 0.324 e. The van der Waals surface area contributed by atoms with Crippen molar-refractivity contribution in [3.8, 4) is 0 Å². The number of hydrogen-bond donors (Lipinski definition) is 1. The number of ether oxygens (including phenoxy) is 1. The van der Waals surface area contributed by atoms with Gasteiger partial charge in [-0.15, -0.1) is 0 Å². The number of likely N-dealkylation sites (N-methyl/N-ethyl adjacent to an activating group) is 1. The van der Waals surface area contributed by atoms with Gasteiger partial charge in [0.15, 0.2) is 0 Å². The SMILES string of the molecule is CNC(CN1CCCc2cc(C)ccc21)C(=O)OC. The van der Waals surface area contributed by atoms with Gasteiger partial charge in [-0.05, 0) is 38.4 Å². The first kappa shape index (κ1) is 13.9. The van der Waals surface area contributed by atoms with Gasteiger partial charge in [-0.1, -0.05) is 17.7 Å². The van der Waals surface area contributed by atoms with Gasteiger partial charge in [0, 0.05) is 18.8 Å². The first-order chi connectivity index (χ1) is 9.15. The number of aryl methyl sites for hydroxylation is 2. The molecule has 0 amide bonds. The van der Waals surface area contributed by atoms with E-state index >= 15 is 0 Å². The normalized spacial score (nSPS) is 15.8. The zero-order valence-corrected chi connectivity index (χ0v) is 11.9. The van der Waals surface area contributed by atoms with E-state index in [9.17, 15) is 4.79 Å². The van der Waals surface area contributed by atoms with Crippen molar-refractivity contribution >= 4 is 11.7 Å². The number of anilines is 1. The molecular formula is C15H22N2O2. The minimum Gasteiger partial charge on any atom is -0.468 e. The van der Waals surface area contributed by atoms with Crippen LogP contribution in [0.3, 0.4) is 0 Å². The molecule has 0 radical (unpaired) electrons. The Hall–Kier alpha value is -1.55. The Bertz CT molecular complexity index is 459. The molecule has 2 rings (SSSR count). The molecule has 1 aliphatic rings. The second-order valence-electron chi connectivity index (χ2n) is 5.05. The fourth-order valence-electron chi connectivity index (χ4n) is 2.64. The van der Waals surface area contributed by atoms with Crippen molar-refractivity contribution in [1.29, 1.82) is 0 Å². The number of carbonyl (C=O) groups is 1. The average Bonchev–Trinajstić information content (AvgIpc) is 2.43. The molecule has 0 bridgehead atoms. The number of carbonyl (C=O) groups excluding carboxylic acids is 1. The van der Waals surface area contributed by atoms with Gasteiger partial charge in [-0.25, -0.2) is 0 Å². The third kappa shape index (κ3) is 3.07. The topological polar surface area (TPSA) is 41.6 Å². The number of esters is 1. The number of fused-ring (bicyclic) bond motifs is 1. The van der Waals surface area contributed by atoms with E-state index in [4.69, 9.17) is 4.74 Å². The average molecular weight is 262 g/mol. The van der Waals surface area contributed by atoms with Gasteiger partial charge in [0.25, 0.3) is 0 Å². The zero-order chi connectivity index (χ0) is 13.8. The lowest BCUT2D eigenvalue weighted by Crippen LogP contribution is -2.46. The maximum Gasteiger partial charge on any atom is 0.324 e. The van der Waals surface area contributed by atoms with E-state index in [0.29, 0.717) is 6.54 Å². The molecule has 1 atom stereocenters. The van der Waals surface area contributed by atoms with E-state index < -0.39 is 0 Å². The van der Waals surface area contributed by atoms with Crippen LogP contribution in [0.25, 0.3) is 0 Å². The highest BCUT2D eigenvalue weighted by atomic mass is 16.5. The molecule has 0 saturated carbocycles. The van der Waals surface area contributed by atoms with Gasteiger partial charge >= 0.3 is 5.97 Å². The fraction of sp³-hybridized carbons (Fsp3) is 0.533. The summed E-state index contributed by atoms with van der Waals surface area (Å²) in [6.45, 7) is 3.76.